The lowest BCUT2D eigenvalue weighted by molar-refractivity contribution is -0.144. The smallest absolute Gasteiger partial charge is 0.325 e. The van der Waals surface area contributed by atoms with Crippen LogP contribution >= 0.6 is 15.9 Å². The number of amides is 1. The summed E-state index contributed by atoms with van der Waals surface area (Å²) in [5.41, 5.74) is 0.487. The predicted molar refractivity (Wildman–Crippen MR) is 83.5 cm³/mol. The van der Waals surface area contributed by atoms with Gasteiger partial charge in [-0.2, -0.15) is 0 Å². The van der Waals surface area contributed by atoms with Crippen LogP contribution in [0.3, 0.4) is 0 Å². The summed E-state index contributed by atoms with van der Waals surface area (Å²) >= 11 is 3.35. The summed E-state index contributed by atoms with van der Waals surface area (Å²) in [5.74, 6) is 0.0153. The van der Waals surface area contributed by atoms with Gasteiger partial charge in [0.2, 0.25) is 0 Å². The van der Waals surface area contributed by atoms with Crippen molar-refractivity contribution in [3.8, 4) is 5.75 Å². The maximum absolute atomic E-state index is 12.5. The Balaban J connectivity index is 2.95. The highest BCUT2D eigenvalue weighted by atomic mass is 79.9. The third-order valence-corrected chi connectivity index (χ3v) is 3.51. The fourth-order valence-electron chi connectivity index (χ4n) is 1.80. The Kier molecular flexibility index (Phi) is 6.68. The molecule has 116 valence electrons. The molecule has 0 aliphatic carbocycles. The lowest BCUT2D eigenvalue weighted by Gasteiger charge is -2.26. The van der Waals surface area contributed by atoms with Crippen molar-refractivity contribution in [1.82, 2.24) is 4.90 Å². The number of carbonyl (C=O) groups is 2. The molecule has 1 aromatic carbocycles. The summed E-state index contributed by atoms with van der Waals surface area (Å²) in [5, 5.41) is 0. The molecule has 1 amide bonds. The molecule has 0 aliphatic rings. The van der Waals surface area contributed by atoms with Crippen molar-refractivity contribution >= 4 is 27.8 Å². The fourth-order valence-corrected chi connectivity index (χ4v) is 2.34. The molecule has 0 N–H and O–H groups in total. The van der Waals surface area contributed by atoms with E-state index in [1.807, 2.05) is 13.8 Å². The lowest BCUT2D eigenvalue weighted by atomic mass is 10.1. The Morgan fingerprint density at radius 3 is 2.48 bits per heavy atom. The van der Waals surface area contributed by atoms with Crippen LogP contribution in [-0.2, 0) is 9.53 Å². The third-order valence-electron chi connectivity index (χ3n) is 2.89. The Labute approximate surface area is 133 Å². The number of hydrogen-bond donors (Lipinski definition) is 0. The quantitative estimate of drug-likeness (QED) is 0.734. The molecule has 5 nitrogen and oxygen atoms in total. The predicted octanol–water partition coefficient (Wildman–Crippen LogP) is 2.87. The van der Waals surface area contributed by atoms with Gasteiger partial charge in [0.25, 0.3) is 5.91 Å². The highest BCUT2D eigenvalue weighted by Crippen LogP contribution is 2.26. The Hall–Kier alpha value is -1.56. The Morgan fingerprint density at radius 1 is 1.33 bits per heavy atom. The van der Waals surface area contributed by atoms with Gasteiger partial charge < -0.3 is 14.4 Å². The van der Waals surface area contributed by atoms with Gasteiger partial charge in [0.15, 0.2) is 0 Å². The number of esters is 1. The molecule has 0 spiro atoms. The molecule has 0 radical (unpaired) electrons. The van der Waals surface area contributed by atoms with Crippen molar-refractivity contribution in [2.24, 2.45) is 0 Å². The molecule has 0 atom stereocenters. The van der Waals surface area contributed by atoms with E-state index in [4.69, 9.17) is 9.47 Å². The SMILES string of the molecule is CCOC(=O)CN(C(=O)c1ccc(OC)c(Br)c1)C(C)C. The molecule has 0 saturated carbocycles. The molecular formula is C15H20BrNO4. The van der Waals surface area contributed by atoms with E-state index in [2.05, 4.69) is 15.9 Å². The molecule has 1 rings (SSSR count). The van der Waals surface area contributed by atoms with Crippen LogP contribution in [0.25, 0.3) is 0 Å². The van der Waals surface area contributed by atoms with Crippen LogP contribution in [0.5, 0.6) is 5.75 Å². The average Bonchev–Trinajstić information content (AvgIpc) is 2.44. The first-order valence-corrected chi connectivity index (χ1v) is 7.50. The zero-order valence-corrected chi connectivity index (χ0v) is 14.3. The minimum atomic E-state index is -0.410. The fraction of sp³-hybridized carbons (Fsp3) is 0.467. The van der Waals surface area contributed by atoms with Gasteiger partial charge >= 0.3 is 5.97 Å². The first-order valence-electron chi connectivity index (χ1n) is 6.70. The van der Waals surface area contributed by atoms with Crippen LogP contribution in [0, 0.1) is 0 Å². The number of halogens is 1. The molecule has 0 heterocycles. The standard InChI is InChI=1S/C15H20BrNO4/c1-5-21-14(18)9-17(10(2)3)15(19)11-6-7-13(20-4)12(16)8-11/h6-8,10H,5,9H2,1-4H3. The normalized spacial score (nSPS) is 10.4. The number of carbonyl (C=O) groups excluding carboxylic acids is 2. The van der Waals surface area contributed by atoms with E-state index in [1.165, 1.54) is 4.90 Å². The van der Waals surface area contributed by atoms with Gasteiger partial charge in [0.1, 0.15) is 12.3 Å². The summed E-state index contributed by atoms with van der Waals surface area (Å²) in [7, 11) is 1.56. The second kappa shape index (κ2) is 8.02. The molecule has 0 aliphatic heterocycles. The van der Waals surface area contributed by atoms with Crippen molar-refractivity contribution < 1.29 is 19.1 Å². The third kappa shape index (κ3) is 4.74. The van der Waals surface area contributed by atoms with Gasteiger partial charge in [-0.3, -0.25) is 9.59 Å². The minimum absolute atomic E-state index is 0.0615. The van der Waals surface area contributed by atoms with Crippen LogP contribution in [0.1, 0.15) is 31.1 Å². The van der Waals surface area contributed by atoms with Crippen LogP contribution in [0.4, 0.5) is 0 Å². The van der Waals surface area contributed by atoms with Gasteiger partial charge in [-0.15, -0.1) is 0 Å². The molecule has 1 aromatic rings. The van der Waals surface area contributed by atoms with Gasteiger partial charge in [0.05, 0.1) is 18.2 Å². The highest BCUT2D eigenvalue weighted by Gasteiger charge is 2.22. The van der Waals surface area contributed by atoms with E-state index in [1.54, 1.807) is 32.2 Å². The molecular weight excluding hydrogens is 338 g/mol. The van der Waals surface area contributed by atoms with Crippen molar-refractivity contribution in [2.45, 2.75) is 26.8 Å². The van der Waals surface area contributed by atoms with Crippen molar-refractivity contribution in [3.63, 3.8) is 0 Å². The van der Waals surface area contributed by atoms with Crippen LogP contribution in [-0.4, -0.2) is 43.1 Å². The van der Waals surface area contributed by atoms with Crippen molar-refractivity contribution in [3.05, 3.63) is 28.2 Å². The average molecular weight is 358 g/mol. The summed E-state index contributed by atoms with van der Waals surface area (Å²) in [4.78, 5) is 25.6. The van der Waals surface area contributed by atoms with E-state index >= 15 is 0 Å². The molecule has 0 bridgehead atoms. The lowest BCUT2D eigenvalue weighted by Crippen LogP contribution is -2.41. The maximum atomic E-state index is 12.5. The Bertz CT molecular complexity index is 516. The first-order chi connectivity index (χ1) is 9.90. The molecule has 0 fully saturated rings. The van der Waals surface area contributed by atoms with E-state index < -0.39 is 5.97 Å². The van der Waals surface area contributed by atoms with Crippen LogP contribution in [0.2, 0.25) is 0 Å². The number of benzene rings is 1. The molecule has 0 saturated heterocycles. The van der Waals surface area contributed by atoms with Crippen LogP contribution in [0.15, 0.2) is 22.7 Å². The summed E-state index contributed by atoms with van der Waals surface area (Å²) in [6, 6.07) is 4.96. The molecule has 21 heavy (non-hydrogen) atoms. The highest BCUT2D eigenvalue weighted by molar-refractivity contribution is 9.10. The van der Waals surface area contributed by atoms with Gasteiger partial charge in [-0.25, -0.2) is 0 Å². The topological polar surface area (TPSA) is 55.8 Å². The van der Waals surface area contributed by atoms with Gasteiger partial charge in [0, 0.05) is 11.6 Å². The van der Waals surface area contributed by atoms with E-state index in [0.717, 1.165) is 0 Å². The number of rotatable bonds is 6. The zero-order valence-electron chi connectivity index (χ0n) is 12.7. The van der Waals surface area contributed by atoms with E-state index in [9.17, 15) is 9.59 Å². The molecule has 6 heteroatoms. The molecule has 0 aromatic heterocycles. The number of nitrogens with zero attached hydrogens (tertiary/aromatic N) is 1. The molecule has 0 unspecified atom stereocenters. The number of hydrogen-bond acceptors (Lipinski definition) is 4. The zero-order chi connectivity index (χ0) is 16.0. The number of methoxy groups -OCH3 is 1. The summed E-state index contributed by atoms with van der Waals surface area (Å²) < 4.78 is 10.7. The second-order valence-corrected chi connectivity index (χ2v) is 5.54. The summed E-state index contributed by atoms with van der Waals surface area (Å²) in [6.45, 7) is 5.69. The van der Waals surface area contributed by atoms with E-state index in [-0.39, 0.29) is 18.5 Å². The summed E-state index contributed by atoms with van der Waals surface area (Å²) in [6.07, 6.45) is 0. The van der Waals surface area contributed by atoms with Gasteiger partial charge in [-0.1, -0.05) is 0 Å². The minimum Gasteiger partial charge on any atom is -0.496 e. The monoisotopic (exact) mass is 357 g/mol. The largest absolute Gasteiger partial charge is 0.496 e. The van der Waals surface area contributed by atoms with Crippen LogP contribution < -0.4 is 4.74 Å². The van der Waals surface area contributed by atoms with E-state index in [0.29, 0.717) is 22.4 Å². The van der Waals surface area contributed by atoms with Crippen molar-refractivity contribution in [2.75, 3.05) is 20.3 Å². The Morgan fingerprint density at radius 2 is 2.00 bits per heavy atom. The maximum Gasteiger partial charge on any atom is 0.325 e. The number of ether oxygens (including phenoxy) is 2. The second-order valence-electron chi connectivity index (χ2n) is 4.68. The van der Waals surface area contributed by atoms with Crippen molar-refractivity contribution in [1.29, 1.82) is 0 Å². The first kappa shape index (κ1) is 17.5. The van der Waals surface area contributed by atoms with Gasteiger partial charge in [-0.05, 0) is 54.9 Å².